The lowest BCUT2D eigenvalue weighted by Crippen LogP contribution is -2.05. The SMILES string of the molecule is Cc1cc(-c2ccc(=O)[nH]n2)cc(F)c1F. The summed E-state index contributed by atoms with van der Waals surface area (Å²) in [6.45, 7) is 1.47. The molecular weight excluding hydrogens is 214 g/mol. The largest absolute Gasteiger partial charge is 0.268 e. The maximum absolute atomic E-state index is 13.1. The molecule has 1 aromatic carbocycles. The third kappa shape index (κ3) is 1.84. The number of aromatic amines is 1. The molecule has 0 aliphatic heterocycles. The van der Waals surface area contributed by atoms with E-state index in [1.54, 1.807) is 0 Å². The molecule has 0 unspecified atom stereocenters. The first-order chi connectivity index (χ1) is 7.58. The average Bonchev–Trinajstić information content (AvgIpc) is 2.26. The van der Waals surface area contributed by atoms with Crippen LogP contribution in [-0.4, -0.2) is 10.2 Å². The van der Waals surface area contributed by atoms with Crippen LogP contribution in [0.5, 0.6) is 0 Å². The second-order valence-corrected chi connectivity index (χ2v) is 3.40. The van der Waals surface area contributed by atoms with Crippen molar-refractivity contribution < 1.29 is 8.78 Å². The molecular formula is C11H8F2N2O. The molecule has 5 heteroatoms. The highest BCUT2D eigenvalue weighted by Gasteiger charge is 2.09. The van der Waals surface area contributed by atoms with Crippen molar-refractivity contribution >= 4 is 0 Å². The highest BCUT2D eigenvalue weighted by molar-refractivity contribution is 5.59. The Balaban J connectivity index is 2.56. The number of hydrogen-bond donors (Lipinski definition) is 1. The van der Waals surface area contributed by atoms with Crippen molar-refractivity contribution in [2.45, 2.75) is 6.92 Å². The van der Waals surface area contributed by atoms with Gasteiger partial charge in [0.2, 0.25) is 0 Å². The number of aromatic nitrogens is 2. The van der Waals surface area contributed by atoms with E-state index in [0.717, 1.165) is 6.07 Å². The highest BCUT2D eigenvalue weighted by Crippen LogP contribution is 2.21. The van der Waals surface area contributed by atoms with E-state index in [4.69, 9.17) is 0 Å². The Morgan fingerprint density at radius 2 is 2.00 bits per heavy atom. The van der Waals surface area contributed by atoms with Crippen LogP contribution in [0.25, 0.3) is 11.3 Å². The quantitative estimate of drug-likeness (QED) is 0.802. The molecule has 1 N–H and O–H groups in total. The second-order valence-electron chi connectivity index (χ2n) is 3.40. The zero-order chi connectivity index (χ0) is 11.7. The molecule has 0 amide bonds. The van der Waals surface area contributed by atoms with Crippen LogP contribution in [0.3, 0.4) is 0 Å². The molecule has 0 fully saturated rings. The van der Waals surface area contributed by atoms with Gasteiger partial charge in [-0.3, -0.25) is 4.79 Å². The molecule has 0 saturated heterocycles. The second kappa shape index (κ2) is 3.84. The van der Waals surface area contributed by atoms with Crippen LogP contribution in [0.15, 0.2) is 29.1 Å². The highest BCUT2D eigenvalue weighted by atomic mass is 19.2. The Hall–Kier alpha value is -2.04. The minimum Gasteiger partial charge on any atom is -0.268 e. The molecule has 1 aromatic heterocycles. The van der Waals surface area contributed by atoms with Gasteiger partial charge < -0.3 is 0 Å². The first kappa shape index (κ1) is 10.5. The van der Waals surface area contributed by atoms with Gasteiger partial charge in [0.15, 0.2) is 11.6 Å². The van der Waals surface area contributed by atoms with Crippen LogP contribution in [0.1, 0.15) is 5.56 Å². The summed E-state index contributed by atoms with van der Waals surface area (Å²) in [4.78, 5) is 10.8. The van der Waals surface area contributed by atoms with Gasteiger partial charge in [0, 0.05) is 11.6 Å². The Morgan fingerprint density at radius 1 is 1.25 bits per heavy atom. The molecule has 82 valence electrons. The molecule has 0 aliphatic carbocycles. The number of nitrogens with zero attached hydrogens (tertiary/aromatic N) is 1. The third-order valence-electron chi connectivity index (χ3n) is 2.19. The fraction of sp³-hybridized carbons (Fsp3) is 0.0909. The van der Waals surface area contributed by atoms with Gasteiger partial charge in [-0.1, -0.05) is 0 Å². The van der Waals surface area contributed by atoms with Gasteiger partial charge >= 0.3 is 0 Å². The Bertz CT molecular complexity index is 549. The number of nitrogens with one attached hydrogen (secondary N) is 1. The Morgan fingerprint density at radius 3 is 2.56 bits per heavy atom. The summed E-state index contributed by atoms with van der Waals surface area (Å²) < 4.78 is 26.2. The van der Waals surface area contributed by atoms with Gasteiger partial charge in [0.1, 0.15) is 0 Å². The van der Waals surface area contributed by atoms with Crippen molar-refractivity contribution in [1.82, 2.24) is 10.2 Å². The first-order valence-electron chi connectivity index (χ1n) is 4.59. The molecule has 0 saturated carbocycles. The van der Waals surface area contributed by atoms with Crippen LogP contribution in [-0.2, 0) is 0 Å². The predicted molar refractivity (Wildman–Crippen MR) is 54.9 cm³/mol. The van der Waals surface area contributed by atoms with Crippen LogP contribution in [0.4, 0.5) is 8.78 Å². The zero-order valence-electron chi connectivity index (χ0n) is 8.42. The summed E-state index contributed by atoms with van der Waals surface area (Å²) >= 11 is 0. The third-order valence-corrected chi connectivity index (χ3v) is 2.19. The van der Waals surface area contributed by atoms with Crippen molar-refractivity contribution in [2.75, 3.05) is 0 Å². The average molecular weight is 222 g/mol. The normalized spacial score (nSPS) is 10.4. The molecule has 1 heterocycles. The summed E-state index contributed by atoms with van der Waals surface area (Å²) in [5, 5.41) is 5.96. The summed E-state index contributed by atoms with van der Waals surface area (Å²) in [6.07, 6.45) is 0. The maximum atomic E-state index is 13.1. The van der Waals surface area contributed by atoms with Gasteiger partial charge in [-0.25, -0.2) is 13.9 Å². The standard InChI is InChI=1S/C11H8F2N2O/c1-6-4-7(5-8(12)11(6)13)9-2-3-10(16)15-14-9/h2-5H,1H3,(H,15,16). The number of benzene rings is 1. The molecule has 0 radical (unpaired) electrons. The number of halogens is 2. The van der Waals surface area contributed by atoms with E-state index < -0.39 is 11.6 Å². The summed E-state index contributed by atoms with van der Waals surface area (Å²) in [6, 6.07) is 5.24. The van der Waals surface area contributed by atoms with Crippen LogP contribution >= 0.6 is 0 Å². The van der Waals surface area contributed by atoms with E-state index in [0.29, 0.717) is 11.3 Å². The molecule has 0 spiro atoms. The van der Waals surface area contributed by atoms with Crippen molar-refractivity contribution in [2.24, 2.45) is 0 Å². The van der Waals surface area contributed by atoms with Crippen LogP contribution in [0, 0.1) is 18.6 Å². The summed E-state index contributed by atoms with van der Waals surface area (Å²) in [7, 11) is 0. The molecule has 2 aromatic rings. The van der Waals surface area contributed by atoms with E-state index >= 15 is 0 Å². The Labute approximate surface area is 89.8 Å². The van der Waals surface area contributed by atoms with E-state index in [2.05, 4.69) is 10.2 Å². The van der Waals surface area contributed by atoms with Crippen molar-refractivity contribution in [3.05, 3.63) is 51.8 Å². The zero-order valence-corrected chi connectivity index (χ0v) is 8.42. The molecule has 0 aliphatic rings. The van der Waals surface area contributed by atoms with E-state index in [1.165, 1.54) is 25.1 Å². The first-order valence-corrected chi connectivity index (χ1v) is 4.59. The molecule has 0 atom stereocenters. The fourth-order valence-corrected chi connectivity index (χ4v) is 1.38. The fourth-order valence-electron chi connectivity index (χ4n) is 1.38. The van der Waals surface area contributed by atoms with Gasteiger partial charge in [-0.15, -0.1) is 0 Å². The van der Waals surface area contributed by atoms with E-state index in [-0.39, 0.29) is 11.1 Å². The lowest BCUT2D eigenvalue weighted by Gasteiger charge is -2.03. The number of hydrogen-bond acceptors (Lipinski definition) is 2. The monoisotopic (exact) mass is 222 g/mol. The summed E-state index contributed by atoms with van der Waals surface area (Å²) in [5.41, 5.74) is 0.667. The van der Waals surface area contributed by atoms with Gasteiger partial charge in [-0.2, -0.15) is 5.10 Å². The lowest BCUT2D eigenvalue weighted by atomic mass is 10.1. The van der Waals surface area contributed by atoms with Crippen molar-refractivity contribution in [3.8, 4) is 11.3 Å². The molecule has 3 nitrogen and oxygen atoms in total. The van der Waals surface area contributed by atoms with Gasteiger partial charge in [0.25, 0.3) is 5.56 Å². The lowest BCUT2D eigenvalue weighted by molar-refractivity contribution is 0.503. The molecule has 16 heavy (non-hydrogen) atoms. The van der Waals surface area contributed by atoms with Crippen LogP contribution < -0.4 is 5.56 Å². The number of rotatable bonds is 1. The van der Waals surface area contributed by atoms with Crippen molar-refractivity contribution in [1.29, 1.82) is 0 Å². The van der Waals surface area contributed by atoms with Gasteiger partial charge in [0.05, 0.1) is 5.69 Å². The molecule has 0 bridgehead atoms. The Kier molecular flexibility index (Phi) is 2.52. The van der Waals surface area contributed by atoms with E-state index in [1.807, 2.05) is 0 Å². The topological polar surface area (TPSA) is 45.8 Å². The minimum absolute atomic E-state index is 0.197. The molecule has 2 rings (SSSR count). The number of aryl methyl sites for hydroxylation is 1. The van der Waals surface area contributed by atoms with Gasteiger partial charge in [-0.05, 0) is 30.7 Å². The predicted octanol–water partition coefficient (Wildman–Crippen LogP) is 2.02. The van der Waals surface area contributed by atoms with E-state index in [9.17, 15) is 13.6 Å². The smallest absolute Gasteiger partial charge is 0.264 e. The minimum atomic E-state index is -0.928. The maximum Gasteiger partial charge on any atom is 0.264 e. The number of H-pyrrole nitrogens is 1. The van der Waals surface area contributed by atoms with Crippen molar-refractivity contribution in [3.63, 3.8) is 0 Å². The van der Waals surface area contributed by atoms with Crippen LogP contribution in [0.2, 0.25) is 0 Å². The summed E-state index contributed by atoms with van der Waals surface area (Å²) in [5.74, 6) is -1.80.